The molecule has 4 aromatic rings. The number of hydrogen-bond acceptors (Lipinski definition) is 4. The van der Waals surface area contributed by atoms with E-state index in [-0.39, 0.29) is 5.91 Å². The van der Waals surface area contributed by atoms with E-state index >= 15 is 0 Å². The molecule has 118 valence electrons. The van der Waals surface area contributed by atoms with Crippen LogP contribution in [-0.4, -0.2) is 15.9 Å². The van der Waals surface area contributed by atoms with E-state index < -0.39 is 0 Å². The SMILES string of the molecule is Cc1ccc2ccc(C(=O)Nc3nc4ccc(Br)cc4s3)cc2n1. The summed E-state index contributed by atoms with van der Waals surface area (Å²) in [6.45, 7) is 1.94. The molecule has 1 N–H and O–H groups in total. The van der Waals surface area contributed by atoms with Crippen LogP contribution in [0.15, 0.2) is 53.0 Å². The predicted octanol–water partition coefficient (Wildman–Crippen LogP) is 5.17. The molecular formula is C18H12BrN3OS. The van der Waals surface area contributed by atoms with E-state index in [2.05, 4.69) is 31.2 Å². The molecule has 2 heterocycles. The van der Waals surface area contributed by atoms with Crippen molar-refractivity contribution in [2.75, 3.05) is 5.32 Å². The van der Waals surface area contributed by atoms with E-state index in [1.165, 1.54) is 11.3 Å². The van der Waals surface area contributed by atoms with Gasteiger partial charge in [0.05, 0.1) is 15.7 Å². The van der Waals surface area contributed by atoms with E-state index in [1.54, 1.807) is 6.07 Å². The van der Waals surface area contributed by atoms with Gasteiger partial charge in [0.2, 0.25) is 0 Å². The van der Waals surface area contributed by atoms with Gasteiger partial charge >= 0.3 is 0 Å². The lowest BCUT2D eigenvalue weighted by Crippen LogP contribution is -2.11. The Morgan fingerprint density at radius 3 is 2.75 bits per heavy atom. The number of carbonyl (C=O) groups is 1. The molecule has 0 spiro atoms. The zero-order valence-corrected chi connectivity index (χ0v) is 15.1. The summed E-state index contributed by atoms with van der Waals surface area (Å²) in [5.74, 6) is -0.182. The summed E-state index contributed by atoms with van der Waals surface area (Å²) < 4.78 is 2.02. The molecule has 4 nitrogen and oxygen atoms in total. The molecule has 0 atom stereocenters. The summed E-state index contributed by atoms with van der Waals surface area (Å²) in [6.07, 6.45) is 0. The number of aromatic nitrogens is 2. The number of amides is 1. The first-order valence-electron chi connectivity index (χ1n) is 7.33. The molecule has 0 aliphatic heterocycles. The van der Waals surface area contributed by atoms with Crippen LogP contribution in [0, 0.1) is 6.92 Å². The maximum Gasteiger partial charge on any atom is 0.257 e. The maximum atomic E-state index is 12.5. The molecule has 2 aromatic heterocycles. The summed E-state index contributed by atoms with van der Waals surface area (Å²) in [4.78, 5) is 21.4. The van der Waals surface area contributed by atoms with E-state index in [0.29, 0.717) is 10.7 Å². The fourth-order valence-electron chi connectivity index (χ4n) is 2.48. The van der Waals surface area contributed by atoms with Crippen LogP contribution < -0.4 is 5.32 Å². The Labute approximate surface area is 150 Å². The number of rotatable bonds is 2. The molecule has 0 radical (unpaired) electrons. The molecular weight excluding hydrogens is 386 g/mol. The van der Waals surface area contributed by atoms with Crippen molar-refractivity contribution in [3.63, 3.8) is 0 Å². The average molecular weight is 398 g/mol. The number of pyridine rings is 1. The minimum Gasteiger partial charge on any atom is -0.298 e. The highest BCUT2D eigenvalue weighted by molar-refractivity contribution is 9.10. The molecule has 0 saturated heterocycles. The summed E-state index contributed by atoms with van der Waals surface area (Å²) >= 11 is 4.89. The number of benzene rings is 2. The van der Waals surface area contributed by atoms with Crippen LogP contribution in [0.25, 0.3) is 21.1 Å². The first-order valence-corrected chi connectivity index (χ1v) is 8.94. The fraction of sp³-hybridized carbons (Fsp3) is 0.0556. The number of hydrogen-bond donors (Lipinski definition) is 1. The first-order chi connectivity index (χ1) is 11.6. The molecule has 2 aromatic carbocycles. The quantitative estimate of drug-likeness (QED) is 0.507. The summed E-state index contributed by atoms with van der Waals surface area (Å²) in [5.41, 5.74) is 3.18. The Morgan fingerprint density at radius 1 is 1.04 bits per heavy atom. The van der Waals surface area contributed by atoms with Crippen molar-refractivity contribution in [3.05, 3.63) is 64.3 Å². The van der Waals surface area contributed by atoms with Crippen LogP contribution in [0.4, 0.5) is 5.13 Å². The van der Waals surface area contributed by atoms with Gasteiger partial charge in [-0.25, -0.2) is 4.98 Å². The minimum atomic E-state index is -0.182. The van der Waals surface area contributed by atoms with Crippen LogP contribution in [-0.2, 0) is 0 Å². The number of halogens is 1. The number of nitrogens with one attached hydrogen (secondary N) is 1. The molecule has 0 fully saturated rings. The molecule has 0 aliphatic rings. The monoisotopic (exact) mass is 397 g/mol. The molecule has 24 heavy (non-hydrogen) atoms. The van der Waals surface area contributed by atoms with Crippen molar-refractivity contribution < 1.29 is 4.79 Å². The van der Waals surface area contributed by atoms with Gasteiger partial charge in [-0.15, -0.1) is 0 Å². The van der Waals surface area contributed by atoms with E-state index in [0.717, 1.165) is 31.3 Å². The predicted molar refractivity (Wildman–Crippen MR) is 102 cm³/mol. The van der Waals surface area contributed by atoms with Gasteiger partial charge in [-0.1, -0.05) is 39.4 Å². The van der Waals surface area contributed by atoms with Crippen molar-refractivity contribution >= 4 is 59.4 Å². The Balaban J connectivity index is 1.65. The Morgan fingerprint density at radius 2 is 1.88 bits per heavy atom. The van der Waals surface area contributed by atoms with Crippen molar-refractivity contribution in [2.45, 2.75) is 6.92 Å². The third kappa shape index (κ3) is 2.90. The Kier molecular flexibility index (Phi) is 3.78. The number of thiazole rings is 1. The number of aryl methyl sites for hydroxylation is 1. The lowest BCUT2D eigenvalue weighted by atomic mass is 10.1. The molecule has 0 aliphatic carbocycles. The van der Waals surface area contributed by atoms with Crippen LogP contribution in [0.2, 0.25) is 0 Å². The van der Waals surface area contributed by atoms with Gasteiger partial charge in [0.25, 0.3) is 5.91 Å². The van der Waals surface area contributed by atoms with Crippen LogP contribution >= 0.6 is 27.3 Å². The smallest absolute Gasteiger partial charge is 0.257 e. The zero-order chi connectivity index (χ0) is 16.7. The molecule has 0 unspecified atom stereocenters. The molecule has 6 heteroatoms. The highest BCUT2D eigenvalue weighted by Gasteiger charge is 2.11. The zero-order valence-electron chi connectivity index (χ0n) is 12.7. The second-order valence-electron chi connectivity index (χ2n) is 5.45. The average Bonchev–Trinajstić information content (AvgIpc) is 2.95. The summed E-state index contributed by atoms with van der Waals surface area (Å²) in [5, 5.41) is 4.48. The van der Waals surface area contributed by atoms with E-state index in [4.69, 9.17) is 0 Å². The van der Waals surface area contributed by atoms with Crippen molar-refractivity contribution in [3.8, 4) is 0 Å². The number of fused-ring (bicyclic) bond motifs is 2. The van der Waals surface area contributed by atoms with Gasteiger partial charge in [0.1, 0.15) is 0 Å². The van der Waals surface area contributed by atoms with Crippen molar-refractivity contribution in [1.82, 2.24) is 9.97 Å². The minimum absolute atomic E-state index is 0.182. The maximum absolute atomic E-state index is 12.5. The van der Waals surface area contributed by atoms with E-state index in [1.807, 2.05) is 49.4 Å². The van der Waals surface area contributed by atoms with Crippen LogP contribution in [0.3, 0.4) is 0 Å². The number of anilines is 1. The highest BCUT2D eigenvalue weighted by Crippen LogP contribution is 2.28. The lowest BCUT2D eigenvalue weighted by Gasteiger charge is -2.04. The van der Waals surface area contributed by atoms with Gasteiger partial charge in [0.15, 0.2) is 5.13 Å². The normalized spacial score (nSPS) is 11.1. The fourth-order valence-corrected chi connectivity index (χ4v) is 3.89. The Hall–Kier alpha value is -2.31. The Bertz CT molecular complexity index is 1090. The topological polar surface area (TPSA) is 54.9 Å². The van der Waals surface area contributed by atoms with Crippen LogP contribution in [0.5, 0.6) is 0 Å². The van der Waals surface area contributed by atoms with Gasteiger partial charge in [0, 0.05) is 21.1 Å². The summed E-state index contributed by atoms with van der Waals surface area (Å²) in [7, 11) is 0. The molecule has 1 amide bonds. The molecule has 4 rings (SSSR count). The second-order valence-corrected chi connectivity index (χ2v) is 7.39. The number of carbonyl (C=O) groups excluding carboxylic acids is 1. The molecule has 0 saturated carbocycles. The second kappa shape index (κ2) is 5.96. The summed E-state index contributed by atoms with van der Waals surface area (Å²) in [6, 6.07) is 15.3. The van der Waals surface area contributed by atoms with Gasteiger partial charge < -0.3 is 0 Å². The third-order valence-electron chi connectivity index (χ3n) is 3.66. The number of nitrogens with zero attached hydrogens (tertiary/aromatic N) is 2. The van der Waals surface area contributed by atoms with Gasteiger partial charge in [-0.05, 0) is 43.3 Å². The first kappa shape index (κ1) is 15.2. The third-order valence-corrected chi connectivity index (χ3v) is 5.09. The van der Waals surface area contributed by atoms with Gasteiger partial charge in [-0.2, -0.15) is 0 Å². The lowest BCUT2D eigenvalue weighted by molar-refractivity contribution is 0.102. The largest absolute Gasteiger partial charge is 0.298 e. The van der Waals surface area contributed by atoms with Crippen LogP contribution in [0.1, 0.15) is 16.1 Å². The van der Waals surface area contributed by atoms with Crippen molar-refractivity contribution in [1.29, 1.82) is 0 Å². The standard InChI is InChI=1S/C18H12BrN3OS/c1-10-2-3-11-4-5-12(8-15(11)20-10)17(23)22-18-21-14-7-6-13(19)9-16(14)24-18/h2-9H,1H3,(H,21,22,23). The van der Waals surface area contributed by atoms with E-state index in [9.17, 15) is 4.79 Å². The highest BCUT2D eigenvalue weighted by atomic mass is 79.9. The van der Waals surface area contributed by atoms with Gasteiger partial charge in [-0.3, -0.25) is 15.1 Å². The van der Waals surface area contributed by atoms with Crippen molar-refractivity contribution in [2.24, 2.45) is 0 Å². The molecule has 0 bridgehead atoms.